The van der Waals surface area contributed by atoms with E-state index in [0.29, 0.717) is 12.6 Å². The first kappa shape index (κ1) is 13.8. The van der Waals surface area contributed by atoms with E-state index < -0.39 is 23.5 Å². The zero-order valence-corrected chi connectivity index (χ0v) is 9.84. The largest absolute Gasteiger partial charge is 0.474 e. The first-order valence-corrected chi connectivity index (χ1v) is 5.45. The molecule has 0 aliphatic carbocycles. The van der Waals surface area contributed by atoms with Gasteiger partial charge in [-0.1, -0.05) is 13.8 Å². The molecule has 96 valence electrons. The minimum Gasteiger partial charge on any atom is -0.474 e. The van der Waals surface area contributed by atoms with Gasteiger partial charge >= 0.3 is 0 Å². The third kappa shape index (κ3) is 3.89. The van der Waals surface area contributed by atoms with E-state index in [0.717, 1.165) is 13.1 Å². The molecule has 1 rings (SSSR count). The Morgan fingerprint density at radius 3 is 2.41 bits per heavy atom. The minimum atomic E-state index is -1.36. The van der Waals surface area contributed by atoms with Crippen molar-refractivity contribution in [2.75, 3.05) is 26.2 Å². The maximum Gasteiger partial charge on any atom is 0.253 e. The van der Waals surface area contributed by atoms with E-state index in [-0.39, 0.29) is 6.61 Å². The van der Waals surface area contributed by atoms with Crippen LogP contribution in [0.5, 0.6) is 5.88 Å². The quantitative estimate of drug-likeness (QED) is 0.722. The highest BCUT2D eigenvalue weighted by atomic mass is 19.2. The van der Waals surface area contributed by atoms with Crippen LogP contribution in [0.3, 0.4) is 0 Å². The zero-order chi connectivity index (χ0) is 12.8. The van der Waals surface area contributed by atoms with Crippen molar-refractivity contribution >= 4 is 0 Å². The van der Waals surface area contributed by atoms with Gasteiger partial charge in [-0.3, -0.25) is 0 Å². The van der Waals surface area contributed by atoms with Crippen molar-refractivity contribution in [1.29, 1.82) is 0 Å². The molecule has 0 aliphatic heterocycles. The fraction of sp³-hybridized carbons (Fsp3) is 0.545. The lowest BCUT2D eigenvalue weighted by Crippen LogP contribution is -2.28. The Bertz CT molecular complexity index is 370. The lowest BCUT2D eigenvalue weighted by atomic mass is 10.4. The molecule has 0 amide bonds. The normalized spacial score (nSPS) is 10.9. The summed E-state index contributed by atoms with van der Waals surface area (Å²) in [6.07, 6.45) is 0. The highest BCUT2D eigenvalue weighted by molar-refractivity contribution is 5.15. The standard InChI is InChI=1S/C11H15F3N2O/c1-3-16(4-2)5-6-17-11-9(13)7-8(12)10(14)15-11/h7H,3-6H2,1-2H3. The number of aromatic nitrogens is 1. The van der Waals surface area contributed by atoms with Crippen LogP contribution < -0.4 is 4.74 Å². The molecular weight excluding hydrogens is 233 g/mol. The molecule has 0 spiro atoms. The van der Waals surface area contributed by atoms with E-state index in [1.165, 1.54) is 0 Å². The molecular formula is C11H15F3N2O. The lowest BCUT2D eigenvalue weighted by molar-refractivity contribution is 0.209. The minimum absolute atomic E-state index is 0.177. The second kappa shape index (κ2) is 6.44. The Morgan fingerprint density at radius 1 is 1.18 bits per heavy atom. The summed E-state index contributed by atoms with van der Waals surface area (Å²) in [7, 11) is 0. The number of ether oxygens (including phenoxy) is 1. The predicted octanol–water partition coefficient (Wildman–Crippen LogP) is 2.22. The van der Waals surface area contributed by atoms with Gasteiger partial charge in [-0.15, -0.1) is 0 Å². The van der Waals surface area contributed by atoms with E-state index in [9.17, 15) is 13.2 Å². The summed E-state index contributed by atoms with van der Waals surface area (Å²) in [5.41, 5.74) is 0. The van der Waals surface area contributed by atoms with Crippen molar-refractivity contribution in [3.05, 3.63) is 23.6 Å². The van der Waals surface area contributed by atoms with Gasteiger partial charge < -0.3 is 9.64 Å². The molecule has 0 atom stereocenters. The Labute approximate surface area is 98.2 Å². The van der Waals surface area contributed by atoms with Crippen molar-refractivity contribution in [2.45, 2.75) is 13.8 Å². The van der Waals surface area contributed by atoms with Gasteiger partial charge in [0.15, 0.2) is 11.6 Å². The first-order valence-electron chi connectivity index (χ1n) is 5.45. The lowest BCUT2D eigenvalue weighted by Gasteiger charge is -2.17. The summed E-state index contributed by atoms with van der Waals surface area (Å²) >= 11 is 0. The number of nitrogens with zero attached hydrogens (tertiary/aromatic N) is 2. The molecule has 0 radical (unpaired) electrons. The number of likely N-dealkylation sites (N-methyl/N-ethyl adjacent to an activating group) is 1. The summed E-state index contributed by atoms with van der Waals surface area (Å²) in [5, 5.41) is 0. The fourth-order valence-corrected chi connectivity index (χ4v) is 1.34. The molecule has 0 N–H and O–H groups in total. The third-order valence-corrected chi connectivity index (χ3v) is 2.40. The topological polar surface area (TPSA) is 25.4 Å². The molecule has 1 heterocycles. The van der Waals surface area contributed by atoms with Gasteiger partial charge in [0.1, 0.15) is 6.61 Å². The Hall–Kier alpha value is -1.30. The number of hydrogen-bond acceptors (Lipinski definition) is 3. The van der Waals surface area contributed by atoms with Crippen LogP contribution in [0, 0.1) is 17.6 Å². The fourth-order valence-electron chi connectivity index (χ4n) is 1.34. The molecule has 6 heteroatoms. The van der Waals surface area contributed by atoms with Crippen LogP contribution in [-0.2, 0) is 0 Å². The first-order chi connectivity index (χ1) is 8.08. The van der Waals surface area contributed by atoms with Crippen molar-refractivity contribution in [1.82, 2.24) is 9.88 Å². The van der Waals surface area contributed by atoms with Gasteiger partial charge in [0, 0.05) is 12.6 Å². The predicted molar refractivity (Wildman–Crippen MR) is 57.4 cm³/mol. The van der Waals surface area contributed by atoms with E-state index in [1.807, 2.05) is 13.8 Å². The summed E-state index contributed by atoms with van der Waals surface area (Å²) in [5.74, 6) is -4.18. The Balaban J connectivity index is 2.55. The summed E-state index contributed by atoms with van der Waals surface area (Å²) < 4.78 is 43.4. The second-order valence-corrected chi connectivity index (χ2v) is 3.42. The van der Waals surface area contributed by atoms with Crippen LogP contribution in [0.1, 0.15) is 13.8 Å². The van der Waals surface area contributed by atoms with E-state index in [2.05, 4.69) is 9.88 Å². The summed E-state index contributed by atoms with van der Waals surface area (Å²) in [4.78, 5) is 5.12. The van der Waals surface area contributed by atoms with Gasteiger partial charge in [-0.2, -0.15) is 9.37 Å². The summed E-state index contributed by atoms with van der Waals surface area (Å²) in [6.45, 7) is 6.41. The van der Waals surface area contributed by atoms with Gasteiger partial charge in [0.05, 0.1) is 0 Å². The Kier molecular flexibility index (Phi) is 5.21. The van der Waals surface area contributed by atoms with Crippen LogP contribution in [0.25, 0.3) is 0 Å². The van der Waals surface area contributed by atoms with Crippen molar-refractivity contribution in [3.63, 3.8) is 0 Å². The van der Waals surface area contributed by atoms with Crippen LogP contribution in [0.2, 0.25) is 0 Å². The van der Waals surface area contributed by atoms with Gasteiger partial charge in [-0.25, -0.2) is 8.78 Å². The Morgan fingerprint density at radius 2 is 1.82 bits per heavy atom. The number of rotatable bonds is 6. The molecule has 0 fully saturated rings. The molecule has 0 saturated carbocycles. The van der Waals surface area contributed by atoms with Crippen molar-refractivity contribution < 1.29 is 17.9 Å². The van der Waals surface area contributed by atoms with E-state index in [1.54, 1.807) is 0 Å². The average molecular weight is 248 g/mol. The number of halogens is 3. The second-order valence-electron chi connectivity index (χ2n) is 3.42. The SMILES string of the molecule is CCN(CC)CCOc1nc(F)c(F)cc1F. The van der Waals surface area contributed by atoms with Crippen LogP contribution in [-0.4, -0.2) is 36.1 Å². The third-order valence-electron chi connectivity index (χ3n) is 2.40. The van der Waals surface area contributed by atoms with Crippen LogP contribution in [0.15, 0.2) is 6.07 Å². The molecule has 3 nitrogen and oxygen atoms in total. The van der Waals surface area contributed by atoms with Crippen LogP contribution >= 0.6 is 0 Å². The molecule has 0 aliphatic rings. The molecule has 0 saturated heterocycles. The highest BCUT2D eigenvalue weighted by Gasteiger charge is 2.12. The summed E-state index contributed by atoms with van der Waals surface area (Å²) in [6, 6.07) is 0.426. The van der Waals surface area contributed by atoms with Gasteiger partial charge in [0.25, 0.3) is 11.8 Å². The maximum atomic E-state index is 13.1. The number of hydrogen-bond donors (Lipinski definition) is 0. The van der Waals surface area contributed by atoms with Gasteiger partial charge in [-0.05, 0) is 13.1 Å². The van der Waals surface area contributed by atoms with E-state index in [4.69, 9.17) is 4.74 Å². The highest BCUT2D eigenvalue weighted by Crippen LogP contribution is 2.16. The zero-order valence-electron chi connectivity index (χ0n) is 9.84. The molecule has 1 aromatic rings. The monoisotopic (exact) mass is 248 g/mol. The molecule has 1 aromatic heterocycles. The molecule has 17 heavy (non-hydrogen) atoms. The smallest absolute Gasteiger partial charge is 0.253 e. The average Bonchev–Trinajstić information content (AvgIpc) is 2.31. The van der Waals surface area contributed by atoms with E-state index >= 15 is 0 Å². The maximum absolute atomic E-state index is 13.1. The van der Waals surface area contributed by atoms with Crippen molar-refractivity contribution in [2.24, 2.45) is 0 Å². The number of pyridine rings is 1. The molecule has 0 unspecified atom stereocenters. The van der Waals surface area contributed by atoms with Crippen molar-refractivity contribution in [3.8, 4) is 5.88 Å². The van der Waals surface area contributed by atoms with Gasteiger partial charge in [0.2, 0.25) is 0 Å². The molecule has 0 aromatic carbocycles. The van der Waals surface area contributed by atoms with Crippen LogP contribution in [0.4, 0.5) is 13.2 Å². The molecule has 0 bridgehead atoms.